The van der Waals surface area contributed by atoms with Gasteiger partial charge in [0.25, 0.3) is 0 Å². The van der Waals surface area contributed by atoms with Gasteiger partial charge in [0, 0.05) is 24.0 Å². The molecular formula is C17H22ClNO2. The number of ether oxygens (including phenoxy) is 1. The molecule has 0 bridgehead atoms. The van der Waals surface area contributed by atoms with E-state index in [4.69, 9.17) is 16.3 Å². The number of alkyl halides is 1. The van der Waals surface area contributed by atoms with Crippen LogP contribution in [0.4, 0.5) is 0 Å². The summed E-state index contributed by atoms with van der Waals surface area (Å²) in [5.74, 6) is 1.38. The van der Waals surface area contributed by atoms with Crippen LogP contribution in [0.5, 0.6) is 5.75 Å². The summed E-state index contributed by atoms with van der Waals surface area (Å²) in [5.41, 5.74) is 1.03. The summed E-state index contributed by atoms with van der Waals surface area (Å²) in [6, 6.07) is 8.22. The second-order valence-electron chi connectivity index (χ2n) is 5.91. The molecule has 1 atom stereocenters. The number of carbonyl (C=O) groups is 1. The van der Waals surface area contributed by atoms with Crippen molar-refractivity contribution in [2.24, 2.45) is 0 Å². The predicted octanol–water partition coefficient (Wildman–Crippen LogP) is 3.56. The van der Waals surface area contributed by atoms with Crippen LogP contribution in [0.15, 0.2) is 24.3 Å². The molecule has 114 valence electrons. The van der Waals surface area contributed by atoms with E-state index in [0.717, 1.165) is 24.2 Å². The monoisotopic (exact) mass is 307 g/mol. The minimum atomic E-state index is -0.161. The lowest BCUT2D eigenvalue weighted by Gasteiger charge is -2.35. The van der Waals surface area contributed by atoms with Crippen LogP contribution in [-0.4, -0.2) is 35.9 Å². The normalized spacial score (nSPS) is 21.7. The Bertz CT molecular complexity index is 499. The lowest BCUT2D eigenvalue weighted by Crippen LogP contribution is -2.45. The fourth-order valence-electron chi connectivity index (χ4n) is 3.52. The summed E-state index contributed by atoms with van der Waals surface area (Å²) >= 11 is 5.94. The molecule has 3 nitrogen and oxygen atoms in total. The van der Waals surface area contributed by atoms with Gasteiger partial charge >= 0.3 is 0 Å². The van der Waals surface area contributed by atoms with Gasteiger partial charge in [-0.1, -0.05) is 37.5 Å². The second-order valence-corrected chi connectivity index (χ2v) is 6.29. The van der Waals surface area contributed by atoms with Crippen molar-refractivity contribution in [1.82, 2.24) is 4.90 Å². The van der Waals surface area contributed by atoms with E-state index in [1.807, 2.05) is 29.2 Å². The molecule has 1 aliphatic carbocycles. The first-order chi connectivity index (χ1) is 10.3. The maximum absolute atomic E-state index is 13.0. The molecule has 0 N–H and O–H groups in total. The van der Waals surface area contributed by atoms with Gasteiger partial charge in [-0.25, -0.2) is 0 Å². The first-order valence-corrected chi connectivity index (χ1v) is 8.43. The lowest BCUT2D eigenvalue weighted by molar-refractivity contribution is -0.135. The van der Waals surface area contributed by atoms with Crippen LogP contribution in [0.3, 0.4) is 0 Å². The number of fused-ring (bicyclic) bond motifs is 1. The Morgan fingerprint density at radius 2 is 2.00 bits per heavy atom. The van der Waals surface area contributed by atoms with E-state index in [2.05, 4.69) is 0 Å². The molecule has 4 heteroatoms. The first-order valence-electron chi connectivity index (χ1n) is 7.89. The van der Waals surface area contributed by atoms with Gasteiger partial charge in [-0.2, -0.15) is 0 Å². The zero-order valence-electron chi connectivity index (χ0n) is 12.3. The third kappa shape index (κ3) is 3.03. The van der Waals surface area contributed by atoms with E-state index in [9.17, 15) is 4.79 Å². The van der Waals surface area contributed by atoms with Crippen molar-refractivity contribution in [2.75, 3.05) is 19.0 Å². The molecule has 1 heterocycles. The predicted molar refractivity (Wildman–Crippen MR) is 84.0 cm³/mol. The van der Waals surface area contributed by atoms with Crippen LogP contribution in [-0.2, 0) is 4.79 Å². The zero-order valence-corrected chi connectivity index (χ0v) is 13.0. The van der Waals surface area contributed by atoms with E-state index in [1.165, 1.54) is 19.3 Å². The molecule has 1 saturated carbocycles. The minimum absolute atomic E-state index is 0.161. The van der Waals surface area contributed by atoms with Gasteiger partial charge in [0.2, 0.25) is 5.91 Å². The molecule has 1 aliphatic heterocycles. The summed E-state index contributed by atoms with van der Waals surface area (Å²) in [6.07, 6.45) is 5.94. The van der Waals surface area contributed by atoms with Crippen LogP contribution < -0.4 is 4.74 Å². The molecule has 0 spiro atoms. The van der Waals surface area contributed by atoms with Crippen molar-refractivity contribution < 1.29 is 9.53 Å². The molecule has 2 aliphatic rings. The number of amides is 1. The zero-order chi connectivity index (χ0) is 14.7. The molecule has 0 saturated heterocycles. The third-order valence-electron chi connectivity index (χ3n) is 4.62. The Morgan fingerprint density at radius 3 is 2.76 bits per heavy atom. The Labute approximate surface area is 131 Å². The summed E-state index contributed by atoms with van der Waals surface area (Å²) in [5, 5.41) is 0. The Hall–Kier alpha value is -1.22. The third-order valence-corrected chi connectivity index (χ3v) is 4.79. The Kier molecular flexibility index (Phi) is 4.69. The van der Waals surface area contributed by atoms with Crippen molar-refractivity contribution in [3.63, 3.8) is 0 Å². The van der Waals surface area contributed by atoms with Gasteiger partial charge in [-0.3, -0.25) is 4.79 Å². The summed E-state index contributed by atoms with van der Waals surface area (Å²) in [6.45, 7) is 1.10. The molecule has 1 aromatic rings. The number of halogens is 1. The maximum Gasteiger partial charge on any atom is 0.234 e. The quantitative estimate of drug-likeness (QED) is 0.796. The summed E-state index contributed by atoms with van der Waals surface area (Å²) < 4.78 is 5.67. The number of nitrogens with zero attached hydrogens (tertiary/aromatic N) is 1. The highest BCUT2D eigenvalue weighted by Crippen LogP contribution is 2.36. The number of hydrogen-bond donors (Lipinski definition) is 0. The Morgan fingerprint density at radius 1 is 1.24 bits per heavy atom. The van der Waals surface area contributed by atoms with Crippen LogP contribution in [0, 0.1) is 0 Å². The largest absolute Gasteiger partial charge is 0.492 e. The molecule has 21 heavy (non-hydrogen) atoms. The van der Waals surface area contributed by atoms with Crippen molar-refractivity contribution in [2.45, 2.75) is 44.1 Å². The topological polar surface area (TPSA) is 29.5 Å². The number of benzene rings is 1. The average Bonchev–Trinajstić information content (AvgIpc) is 2.97. The molecule has 3 rings (SSSR count). The highest BCUT2D eigenvalue weighted by atomic mass is 35.5. The standard InChI is InChI=1S/C17H22ClNO2/c18-10-11-19(13-6-2-1-3-7-13)17(20)15-12-21-16-9-5-4-8-14(15)16/h4-5,8-9,13,15H,1-3,6-7,10-12H2. The van der Waals surface area contributed by atoms with E-state index in [0.29, 0.717) is 25.1 Å². The smallest absolute Gasteiger partial charge is 0.234 e. The molecule has 1 fully saturated rings. The van der Waals surface area contributed by atoms with Gasteiger partial charge < -0.3 is 9.64 Å². The number of para-hydroxylation sites is 1. The van der Waals surface area contributed by atoms with Crippen molar-refractivity contribution >= 4 is 17.5 Å². The molecule has 1 aromatic carbocycles. The second kappa shape index (κ2) is 6.69. The number of carbonyl (C=O) groups excluding carboxylic acids is 1. The highest BCUT2D eigenvalue weighted by molar-refractivity contribution is 6.18. The van der Waals surface area contributed by atoms with Crippen LogP contribution in [0.25, 0.3) is 0 Å². The number of rotatable bonds is 4. The van der Waals surface area contributed by atoms with E-state index >= 15 is 0 Å². The molecule has 1 unspecified atom stereocenters. The Balaban J connectivity index is 1.78. The first kappa shape index (κ1) is 14.7. The van der Waals surface area contributed by atoms with Crippen LogP contribution >= 0.6 is 11.6 Å². The van der Waals surface area contributed by atoms with Crippen LogP contribution in [0.1, 0.15) is 43.6 Å². The van der Waals surface area contributed by atoms with Crippen molar-refractivity contribution in [1.29, 1.82) is 0 Å². The van der Waals surface area contributed by atoms with Crippen molar-refractivity contribution in [3.05, 3.63) is 29.8 Å². The summed E-state index contributed by atoms with van der Waals surface area (Å²) in [4.78, 5) is 15.0. The van der Waals surface area contributed by atoms with E-state index in [1.54, 1.807) is 0 Å². The van der Waals surface area contributed by atoms with Crippen molar-refractivity contribution in [3.8, 4) is 5.75 Å². The van der Waals surface area contributed by atoms with Gasteiger partial charge in [0.15, 0.2) is 0 Å². The fourth-order valence-corrected chi connectivity index (χ4v) is 3.71. The minimum Gasteiger partial charge on any atom is -0.492 e. The van der Waals surface area contributed by atoms with Gasteiger partial charge in [0.05, 0.1) is 0 Å². The molecule has 0 aromatic heterocycles. The van der Waals surface area contributed by atoms with E-state index < -0.39 is 0 Å². The molecule has 1 amide bonds. The van der Waals surface area contributed by atoms with Gasteiger partial charge in [-0.15, -0.1) is 11.6 Å². The molecular weight excluding hydrogens is 286 g/mol. The van der Waals surface area contributed by atoms with Gasteiger partial charge in [0.1, 0.15) is 18.3 Å². The molecule has 0 radical (unpaired) electrons. The SMILES string of the molecule is O=C(C1COc2ccccc21)N(CCCl)C1CCCCC1. The highest BCUT2D eigenvalue weighted by Gasteiger charge is 2.35. The fraction of sp³-hybridized carbons (Fsp3) is 0.588. The summed E-state index contributed by atoms with van der Waals surface area (Å²) in [7, 11) is 0. The number of hydrogen-bond acceptors (Lipinski definition) is 2. The average molecular weight is 308 g/mol. The van der Waals surface area contributed by atoms with Crippen LogP contribution in [0.2, 0.25) is 0 Å². The lowest BCUT2D eigenvalue weighted by atomic mass is 9.92. The maximum atomic E-state index is 13.0. The van der Waals surface area contributed by atoms with E-state index in [-0.39, 0.29) is 11.8 Å². The van der Waals surface area contributed by atoms with Gasteiger partial charge in [-0.05, 0) is 18.9 Å².